The molecule has 90 valence electrons. The van der Waals surface area contributed by atoms with Crippen molar-refractivity contribution in [2.45, 2.75) is 26.3 Å². The maximum atomic E-state index is 13.1. The zero-order valence-corrected chi connectivity index (χ0v) is 9.79. The number of hydrazine groups is 1. The summed E-state index contributed by atoms with van der Waals surface area (Å²) in [6.07, 6.45) is 0.773. The lowest BCUT2D eigenvalue weighted by Crippen LogP contribution is -2.29. The largest absolute Gasteiger partial charge is 0.382 e. The van der Waals surface area contributed by atoms with Crippen molar-refractivity contribution >= 4 is 0 Å². The van der Waals surface area contributed by atoms with Crippen molar-refractivity contribution in [1.82, 2.24) is 5.43 Å². The number of ether oxygens (including phenoxy) is 1. The van der Waals surface area contributed by atoms with Crippen molar-refractivity contribution in [1.29, 1.82) is 0 Å². The van der Waals surface area contributed by atoms with Gasteiger partial charge in [-0.1, -0.05) is 12.1 Å². The van der Waals surface area contributed by atoms with Crippen LogP contribution in [0.3, 0.4) is 0 Å². The van der Waals surface area contributed by atoms with Gasteiger partial charge in [0.1, 0.15) is 5.82 Å². The van der Waals surface area contributed by atoms with E-state index >= 15 is 0 Å². The van der Waals surface area contributed by atoms with E-state index in [2.05, 4.69) is 5.43 Å². The molecule has 1 unspecified atom stereocenters. The molecule has 0 saturated carbocycles. The highest BCUT2D eigenvalue weighted by Crippen LogP contribution is 2.18. The Balaban J connectivity index is 2.67. The molecule has 0 aliphatic carbocycles. The minimum absolute atomic E-state index is 0.00542. The van der Waals surface area contributed by atoms with Crippen LogP contribution in [-0.4, -0.2) is 13.2 Å². The molecule has 0 aromatic heterocycles. The van der Waals surface area contributed by atoms with Gasteiger partial charge in [0.2, 0.25) is 0 Å². The number of benzene rings is 1. The third-order valence-corrected chi connectivity index (χ3v) is 2.54. The number of hydrogen-bond acceptors (Lipinski definition) is 3. The third-order valence-electron chi connectivity index (χ3n) is 2.54. The summed E-state index contributed by atoms with van der Waals surface area (Å²) in [5.74, 6) is 5.29. The molecule has 0 aliphatic heterocycles. The molecule has 0 radical (unpaired) electrons. The molecular weight excluding hydrogens is 207 g/mol. The fourth-order valence-electron chi connectivity index (χ4n) is 1.58. The van der Waals surface area contributed by atoms with Gasteiger partial charge < -0.3 is 4.74 Å². The summed E-state index contributed by atoms with van der Waals surface area (Å²) in [4.78, 5) is 0. The van der Waals surface area contributed by atoms with Crippen LogP contribution in [0.25, 0.3) is 0 Å². The summed E-state index contributed by atoms with van der Waals surface area (Å²) < 4.78 is 18.4. The van der Waals surface area contributed by atoms with Crippen LogP contribution in [0.1, 0.15) is 30.5 Å². The summed E-state index contributed by atoms with van der Waals surface area (Å²) in [6, 6.07) is 5.03. The van der Waals surface area contributed by atoms with Crippen LogP contribution >= 0.6 is 0 Å². The highest BCUT2D eigenvalue weighted by atomic mass is 19.1. The molecule has 0 fully saturated rings. The molecule has 16 heavy (non-hydrogen) atoms. The molecule has 0 saturated heterocycles. The Kier molecular flexibility index (Phi) is 5.38. The lowest BCUT2D eigenvalue weighted by molar-refractivity contribution is 0.136. The van der Waals surface area contributed by atoms with Crippen LogP contribution in [0.5, 0.6) is 0 Å². The van der Waals surface area contributed by atoms with Crippen molar-refractivity contribution in [3.8, 4) is 0 Å². The number of hydrogen-bond donors (Lipinski definition) is 2. The van der Waals surface area contributed by atoms with E-state index in [0.717, 1.165) is 12.0 Å². The average molecular weight is 226 g/mol. The van der Waals surface area contributed by atoms with Crippen LogP contribution < -0.4 is 11.3 Å². The van der Waals surface area contributed by atoms with E-state index < -0.39 is 0 Å². The van der Waals surface area contributed by atoms with E-state index in [9.17, 15) is 4.39 Å². The van der Waals surface area contributed by atoms with Gasteiger partial charge in [0.05, 0.1) is 0 Å². The van der Waals surface area contributed by atoms with Gasteiger partial charge in [0.25, 0.3) is 0 Å². The number of nitrogens with one attached hydrogen (secondary N) is 1. The Morgan fingerprint density at radius 2 is 2.25 bits per heavy atom. The minimum Gasteiger partial charge on any atom is -0.382 e. The normalized spacial score (nSPS) is 12.8. The van der Waals surface area contributed by atoms with E-state index in [4.69, 9.17) is 10.6 Å². The molecule has 3 N–H and O–H groups in total. The third kappa shape index (κ3) is 3.56. The first kappa shape index (κ1) is 13.1. The van der Waals surface area contributed by atoms with Gasteiger partial charge in [0.15, 0.2) is 0 Å². The summed E-state index contributed by atoms with van der Waals surface area (Å²) in [7, 11) is 0. The smallest absolute Gasteiger partial charge is 0.126 e. The van der Waals surface area contributed by atoms with Crippen molar-refractivity contribution in [3.63, 3.8) is 0 Å². The SMILES string of the molecule is CCOCCC(NN)c1ccc(F)c(C)c1. The molecule has 1 atom stereocenters. The average Bonchev–Trinajstić information content (AvgIpc) is 2.29. The van der Waals surface area contributed by atoms with E-state index in [-0.39, 0.29) is 11.9 Å². The Morgan fingerprint density at radius 3 is 2.81 bits per heavy atom. The second kappa shape index (κ2) is 6.58. The lowest BCUT2D eigenvalue weighted by Gasteiger charge is -2.16. The Bertz CT molecular complexity index is 331. The molecule has 0 bridgehead atoms. The highest BCUT2D eigenvalue weighted by Gasteiger charge is 2.10. The van der Waals surface area contributed by atoms with Gasteiger partial charge in [-0.25, -0.2) is 4.39 Å². The number of rotatable bonds is 6. The zero-order valence-electron chi connectivity index (χ0n) is 9.79. The molecule has 1 aromatic carbocycles. The first-order chi connectivity index (χ1) is 7.69. The van der Waals surface area contributed by atoms with E-state index in [1.54, 1.807) is 13.0 Å². The Morgan fingerprint density at radius 1 is 1.50 bits per heavy atom. The van der Waals surface area contributed by atoms with Crippen LogP contribution in [0.2, 0.25) is 0 Å². The Hall–Kier alpha value is -0.970. The predicted octanol–water partition coefficient (Wildman–Crippen LogP) is 2.07. The molecule has 3 nitrogen and oxygen atoms in total. The van der Waals surface area contributed by atoms with Gasteiger partial charge in [-0.15, -0.1) is 0 Å². The number of halogens is 1. The summed E-state index contributed by atoms with van der Waals surface area (Å²) in [6.45, 7) is 5.03. The molecule has 0 spiro atoms. The van der Waals surface area contributed by atoms with E-state index in [1.165, 1.54) is 6.07 Å². The Labute approximate surface area is 95.8 Å². The van der Waals surface area contributed by atoms with Crippen molar-refractivity contribution in [2.75, 3.05) is 13.2 Å². The fraction of sp³-hybridized carbons (Fsp3) is 0.500. The summed E-state index contributed by atoms with van der Waals surface area (Å²) in [5.41, 5.74) is 4.34. The quantitative estimate of drug-likeness (QED) is 0.443. The zero-order chi connectivity index (χ0) is 12.0. The first-order valence-electron chi connectivity index (χ1n) is 5.49. The minimum atomic E-state index is -0.190. The molecule has 0 heterocycles. The lowest BCUT2D eigenvalue weighted by atomic mass is 10.0. The van der Waals surface area contributed by atoms with Crippen molar-refractivity contribution in [3.05, 3.63) is 35.1 Å². The molecule has 0 aliphatic rings. The van der Waals surface area contributed by atoms with Crippen molar-refractivity contribution in [2.24, 2.45) is 5.84 Å². The number of aryl methyl sites for hydroxylation is 1. The van der Waals surface area contributed by atoms with Crippen LogP contribution in [0, 0.1) is 12.7 Å². The van der Waals surface area contributed by atoms with Gasteiger partial charge in [-0.05, 0) is 37.5 Å². The summed E-state index contributed by atoms with van der Waals surface area (Å²) in [5, 5.41) is 0. The maximum Gasteiger partial charge on any atom is 0.126 e. The van der Waals surface area contributed by atoms with Gasteiger partial charge >= 0.3 is 0 Å². The molecule has 1 rings (SSSR count). The second-order valence-corrected chi connectivity index (χ2v) is 3.71. The first-order valence-corrected chi connectivity index (χ1v) is 5.49. The summed E-state index contributed by atoms with van der Waals surface area (Å²) >= 11 is 0. The standard InChI is InChI=1S/C12H19FN2O/c1-3-16-7-6-12(15-14)10-4-5-11(13)9(2)8-10/h4-5,8,12,15H,3,6-7,14H2,1-2H3. The predicted molar refractivity (Wildman–Crippen MR) is 62.3 cm³/mol. The molecule has 1 aromatic rings. The second-order valence-electron chi connectivity index (χ2n) is 3.71. The van der Waals surface area contributed by atoms with E-state index in [0.29, 0.717) is 18.8 Å². The van der Waals surface area contributed by atoms with Crippen LogP contribution in [0.4, 0.5) is 4.39 Å². The number of nitrogens with two attached hydrogens (primary N) is 1. The van der Waals surface area contributed by atoms with Crippen LogP contribution in [0.15, 0.2) is 18.2 Å². The van der Waals surface area contributed by atoms with Crippen molar-refractivity contribution < 1.29 is 9.13 Å². The van der Waals surface area contributed by atoms with E-state index in [1.807, 2.05) is 13.0 Å². The van der Waals surface area contributed by atoms with Crippen LogP contribution in [-0.2, 0) is 4.74 Å². The molecule has 0 amide bonds. The maximum absolute atomic E-state index is 13.1. The highest BCUT2D eigenvalue weighted by molar-refractivity contribution is 5.26. The van der Waals surface area contributed by atoms with Gasteiger partial charge in [0, 0.05) is 19.3 Å². The topological polar surface area (TPSA) is 47.3 Å². The molecular formula is C12H19FN2O. The fourth-order valence-corrected chi connectivity index (χ4v) is 1.58. The van der Waals surface area contributed by atoms with Gasteiger partial charge in [-0.3, -0.25) is 11.3 Å². The monoisotopic (exact) mass is 226 g/mol. The van der Waals surface area contributed by atoms with Gasteiger partial charge in [-0.2, -0.15) is 0 Å². The molecule has 4 heteroatoms.